The van der Waals surface area contributed by atoms with E-state index >= 15 is 0 Å². The summed E-state index contributed by atoms with van der Waals surface area (Å²) in [6, 6.07) is 9.00. The molecule has 0 aromatic heterocycles. The normalized spacial score (nSPS) is 12.0. The summed E-state index contributed by atoms with van der Waals surface area (Å²) in [5.41, 5.74) is 0.851. The van der Waals surface area contributed by atoms with Crippen molar-refractivity contribution in [3.8, 4) is 0 Å². The number of anilines is 1. The predicted molar refractivity (Wildman–Crippen MR) is 91.6 cm³/mol. The number of nitrogens with one attached hydrogen (secondary N) is 1. The lowest BCUT2D eigenvalue weighted by Crippen LogP contribution is -2.90. The van der Waals surface area contributed by atoms with E-state index in [2.05, 4.69) is 5.32 Å². The van der Waals surface area contributed by atoms with E-state index < -0.39 is 6.04 Å². The smallest absolute Gasteiger partial charge is 0.282 e. The number of quaternary nitrogens is 1. The molecular formula is C16H15Cl3FN2O+. The maximum Gasteiger partial charge on any atom is 0.282 e. The van der Waals surface area contributed by atoms with Gasteiger partial charge in [-0.2, -0.15) is 0 Å². The molecule has 1 atom stereocenters. The highest BCUT2D eigenvalue weighted by atomic mass is 35.5. The van der Waals surface area contributed by atoms with Crippen molar-refractivity contribution in [2.24, 2.45) is 0 Å². The van der Waals surface area contributed by atoms with Gasteiger partial charge in [-0.1, -0.05) is 53.0 Å². The largest absolute Gasteiger partial charge is 0.332 e. The first kappa shape index (κ1) is 18.0. The minimum Gasteiger partial charge on any atom is -0.332 e. The first-order valence-corrected chi connectivity index (χ1v) is 8.04. The lowest BCUT2D eigenvalue weighted by atomic mass is 10.2. The Labute approximate surface area is 148 Å². The van der Waals surface area contributed by atoms with E-state index in [4.69, 9.17) is 34.8 Å². The molecule has 0 saturated carbocycles. The second kappa shape index (κ2) is 7.97. The molecule has 3 N–H and O–H groups in total. The van der Waals surface area contributed by atoms with Gasteiger partial charge in [0.05, 0.1) is 15.7 Å². The van der Waals surface area contributed by atoms with Crippen molar-refractivity contribution in [3.63, 3.8) is 0 Å². The van der Waals surface area contributed by atoms with Crippen LogP contribution in [0.1, 0.15) is 12.5 Å². The standard InChI is InChI=1S/C16H14Cl3FN2O/c1-9(21-8-10-4-2-3-5-14(10)20)16(23)22-15-12(18)6-11(17)7-13(15)19/h2-7,9,21H,8H2,1H3,(H,22,23)/p+1/t9-/m1/s1. The quantitative estimate of drug-likeness (QED) is 0.817. The summed E-state index contributed by atoms with van der Waals surface area (Å²) >= 11 is 17.9. The van der Waals surface area contributed by atoms with Gasteiger partial charge in [-0.15, -0.1) is 0 Å². The van der Waals surface area contributed by atoms with Crippen LogP contribution < -0.4 is 10.6 Å². The Hall–Kier alpha value is -1.33. The van der Waals surface area contributed by atoms with Crippen LogP contribution in [0.2, 0.25) is 15.1 Å². The van der Waals surface area contributed by atoms with Gasteiger partial charge in [0.25, 0.3) is 5.91 Å². The lowest BCUT2D eigenvalue weighted by Gasteiger charge is -2.14. The molecule has 0 spiro atoms. The molecule has 0 radical (unpaired) electrons. The molecule has 2 aromatic rings. The van der Waals surface area contributed by atoms with Crippen LogP contribution in [0.5, 0.6) is 0 Å². The minimum atomic E-state index is -0.447. The highest BCUT2D eigenvalue weighted by molar-refractivity contribution is 6.42. The molecule has 0 aliphatic carbocycles. The number of benzene rings is 2. The van der Waals surface area contributed by atoms with E-state index in [1.54, 1.807) is 30.4 Å². The summed E-state index contributed by atoms with van der Waals surface area (Å²) in [6.07, 6.45) is 0. The summed E-state index contributed by atoms with van der Waals surface area (Å²) in [6.45, 7) is 2.07. The number of hydrogen-bond acceptors (Lipinski definition) is 1. The summed E-state index contributed by atoms with van der Waals surface area (Å²) in [4.78, 5) is 12.2. The van der Waals surface area contributed by atoms with Gasteiger partial charge >= 0.3 is 0 Å². The van der Waals surface area contributed by atoms with Gasteiger partial charge in [0, 0.05) is 10.6 Å². The summed E-state index contributed by atoms with van der Waals surface area (Å²) in [5, 5.41) is 5.31. The van der Waals surface area contributed by atoms with Gasteiger partial charge in [-0.25, -0.2) is 4.39 Å². The van der Waals surface area contributed by atoms with E-state index in [0.717, 1.165) is 0 Å². The van der Waals surface area contributed by atoms with Crippen molar-refractivity contribution in [2.45, 2.75) is 19.5 Å². The molecule has 0 fully saturated rings. The molecule has 0 heterocycles. The van der Waals surface area contributed by atoms with E-state index in [1.807, 2.05) is 0 Å². The van der Waals surface area contributed by atoms with E-state index in [0.29, 0.717) is 22.8 Å². The van der Waals surface area contributed by atoms with Crippen molar-refractivity contribution >= 4 is 46.4 Å². The Morgan fingerprint density at radius 3 is 2.43 bits per heavy atom. The minimum absolute atomic E-state index is 0.261. The van der Waals surface area contributed by atoms with Crippen LogP contribution >= 0.6 is 34.8 Å². The third-order valence-electron chi connectivity index (χ3n) is 3.32. The van der Waals surface area contributed by atoms with Crippen LogP contribution in [0.25, 0.3) is 0 Å². The van der Waals surface area contributed by atoms with Crippen LogP contribution in [0.15, 0.2) is 36.4 Å². The molecule has 3 nitrogen and oxygen atoms in total. The molecule has 2 rings (SSSR count). The molecule has 23 heavy (non-hydrogen) atoms. The SMILES string of the molecule is C[C@@H]([NH2+]Cc1ccccc1F)C(=O)Nc1c(Cl)cc(Cl)cc1Cl. The number of nitrogens with two attached hydrogens (primary N) is 1. The van der Waals surface area contributed by atoms with Gasteiger partial charge in [0.1, 0.15) is 12.4 Å². The van der Waals surface area contributed by atoms with Crippen LogP contribution in [-0.4, -0.2) is 11.9 Å². The Kier molecular flexibility index (Phi) is 6.25. The second-order valence-electron chi connectivity index (χ2n) is 5.05. The molecule has 2 aromatic carbocycles. The van der Waals surface area contributed by atoms with Gasteiger partial charge in [0.15, 0.2) is 6.04 Å². The maximum absolute atomic E-state index is 13.6. The topological polar surface area (TPSA) is 45.7 Å². The van der Waals surface area contributed by atoms with Gasteiger partial charge in [0.2, 0.25) is 0 Å². The molecule has 0 saturated heterocycles. The number of amides is 1. The van der Waals surface area contributed by atoms with Crippen LogP contribution in [0.3, 0.4) is 0 Å². The number of carbonyl (C=O) groups excluding carboxylic acids is 1. The zero-order valence-corrected chi connectivity index (χ0v) is 14.5. The number of rotatable bonds is 5. The molecular weight excluding hydrogens is 362 g/mol. The number of carbonyl (C=O) groups is 1. The predicted octanol–water partition coefficient (Wildman–Crippen LogP) is 3.88. The fourth-order valence-electron chi connectivity index (χ4n) is 1.97. The number of halogens is 4. The summed E-state index contributed by atoms with van der Waals surface area (Å²) in [5.74, 6) is -0.576. The van der Waals surface area contributed by atoms with Crippen LogP contribution in [0, 0.1) is 5.82 Å². The Morgan fingerprint density at radius 1 is 1.22 bits per heavy atom. The zero-order valence-electron chi connectivity index (χ0n) is 12.2. The van der Waals surface area contributed by atoms with E-state index in [9.17, 15) is 9.18 Å². The maximum atomic E-state index is 13.6. The third-order valence-corrected chi connectivity index (χ3v) is 4.13. The molecule has 0 unspecified atom stereocenters. The molecule has 0 bridgehead atoms. The van der Waals surface area contributed by atoms with Crippen molar-refractivity contribution in [2.75, 3.05) is 5.32 Å². The fraction of sp³-hybridized carbons (Fsp3) is 0.188. The van der Waals surface area contributed by atoms with Gasteiger partial charge in [-0.05, 0) is 25.1 Å². The Bertz CT molecular complexity index is 701. The lowest BCUT2D eigenvalue weighted by molar-refractivity contribution is -0.688. The van der Waals surface area contributed by atoms with E-state index in [1.165, 1.54) is 18.2 Å². The number of hydrogen-bond donors (Lipinski definition) is 2. The molecule has 7 heteroatoms. The van der Waals surface area contributed by atoms with Gasteiger partial charge in [-0.3, -0.25) is 4.79 Å². The Morgan fingerprint density at radius 2 is 1.83 bits per heavy atom. The highest BCUT2D eigenvalue weighted by Gasteiger charge is 2.19. The Balaban J connectivity index is 1.99. The summed E-state index contributed by atoms with van der Waals surface area (Å²) in [7, 11) is 0. The van der Waals surface area contributed by atoms with E-state index in [-0.39, 0.29) is 21.8 Å². The zero-order chi connectivity index (χ0) is 17.0. The molecule has 1 amide bonds. The molecule has 0 aliphatic rings. The van der Waals surface area contributed by atoms with Crippen molar-refractivity contribution in [1.82, 2.24) is 0 Å². The average Bonchev–Trinajstić information content (AvgIpc) is 2.49. The first-order valence-electron chi connectivity index (χ1n) is 6.90. The first-order chi connectivity index (χ1) is 10.9. The van der Waals surface area contributed by atoms with Crippen molar-refractivity contribution < 1.29 is 14.5 Å². The summed E-state index contributed by atoms with van der Waals surface area (Å²) < 4.78 is 13.6. The van der Waals surface area contributed by atoms with Crippen LogP contribution in [0.4, 0.5) is 10.1 Å². The monoisotopic (exact) mass is 375 g/mol. The third kappa shape index (κ3) is 4.82. The average molecular weight is 377 g/mol. The second-order valence-corrected chi connectivity index (χ2v) is 6.30. The van der Waals surface area contributed by atoms with Gasteiger partial charge < -0.3 is 10.6 Å². The van der Waals surface area contributed by atoms with Crippen molar-refractivity contribution in [1.29, 1.82) is 0 Å². The molecule has 122 valence electrons. The molecule has 0 aliphatic heterocycles. The van der Waals surface area contributed by atoms with Crippen molar-refractivity contribution in [3.05, 3.63) is 62.8 Å². The van der Waals surface area contributed by atoms with Crippen LogP contribution in [-0.2, 0) is 11.3 Å². The fourth-order valence-corrected chi connectivity index (χ4v) is 2.88. The highest BCUT2D eigenvalue weighted by Crippen LogP contribution is 2.33.